The first-order valence-corrected chi connectivity index (χ1v) is 9.57. The molecule has 1 aromatic carbocycles. The zero-order valence-corrected chi connectivity index (χ0v) is 15.7. The maximum absolute atomic E-state index is 12.2. The zero-order valence-electron chi connectivity index (χ0n) is 12.7. The number of ether oxygens (including phenoxy) is 2. The molecule has 0 aliphatic carbocycles. The Morgan fingerprint density at radius 3 is 2.57 bits per heavy atom. The molecule has 0 saturated carbocycles. The van der Waals surface area contributed by atoms with Crippen LogP contribution >= 0.6 is 30.1 Å². The summed E-state index contributed by atoms with van der Waals surface area (Å²) < 4.78 is 10.7. The highest BCUT2D eigenvalue weighted by Crippen LogP contribution is 2.29. The van der Waals surface area contributed by atoms with E-state index in [9.17, 15) is 4.79 Å². The van der Waals surface area contributed by atoms with Crippen LogP contribution in [0, 0.1) is 11.2 Å². The van der Waals surface area contributed by atoms with Gasteiger partial charge in [0.25, 0.3) is 0 Å². The lowest BCUT2D eigenvalue weighted by molar-refractivity contribution is 0.0588. The van der Waals surface area contributed by atoms with Gasteiger partial charge < -0.3 is 9.47 Å². The lowest BCUT2D eigenvalue weighted by Gasteiger charge is -2.25. The first kappa shape index (κ1) is 18.0. The van der Waals surface area contributed by atoms with Gasteiger partial charge in [-0.3, -0.25) is 4.90 Å². The van der Waals surface area contributed by atoms with E-state index in [1.54, 1.807) is 20.2 Å². The molecule has 0 radical (unpaired) electrons. The van der Waals surface area contributed by atoms with Crippen molar-refractivity contribution >= 4 is 41.9 Å². The fourth-order valence-corrected chi connectivity index (χ4v) is 2.02. The van der Waals surface area contributed by atoms with Gasteiger partial charge in [0.15, 0.2) is 0 Å². The molecule has 0 aliphatic heterocycles. The van der Waals surface area contributed by atoms with Crippen LogP contribution in [0.3, 0.4) is 0 Å². The quantitative estimate of drug-likeness (QED) is 0.524. The van der Waals surface area contributed by atoms with Gasteiger partial charge >= 0.3 is 6.09 Å². The number of amides is 1. The van der Waals surface area contributed by atoms with Crippen molar-refractivity contribution in [3.05, 3.63) is 23.8 Å². The van der Waals surface area contributed by atoms with Gasteiger partial charge in [0.2, 0.25) is 0 Å². The van der Waals surface area contributed by atoms with Crippen LogP contribution < -0.4 is 9.64 Å². The van der Waals surface area contributed by atoms with E-state index in [1.165, 1.54) is 13.8 Å². The fraction of sp³-hybridized carbons (Fsp3) is 0.400. The molecule has 0 unspecified atom stereocenters. The molecule has 0 spiro atoms. The third-order valence-electron chi connectivity index (χ3n) is 2.44. The predicted octanol–water partition coefficient (Wildman–Crippen LogP) is 4.46. The number of carbonyl (C=O) groups excluding carboxylic acids is 1. The summed E-state index contributed by atoms with van der Waals surface area (Å²) >= 11 is 2.11. The van der Waals surface area contributed by atoms with Gasteiger partial charge in [-0.1, -0.05) is 5.92 Å². The average molecular weight is 419 g/mol. The summed E-state index contributed by atoms with van der Waals surface area (Å²) in [5, 5.41) is 2.91. The SMILES string of the molecule is COc1ccc(C#CSI)cc1N(C)C(=O)OC(C)(C)C. The lowest BCUT2D eigenvalue weighted by Crippen LogP contribution is -2.34. The molecule has 1 rings (SSSR count). The van der Waals surface area contributed by atoms with Crippen LogP contribution in [0.5, 0.6) is 5.75 Å². The zero-order chi connectivity index (χ0) is 16.0. The van der Waals surface area contributed by atoms with Gasteiger partial charge in [0.05, 0.1) is 12.8 Å². The predicted molar refractivity (Wildman–Crippen MR) is 96.1 cm³/mol. The van der Waals surface area contributed by atoms with Crippen molar-refractivity contribution in [3.8, 4) is 16.9 Å². The molecule has 0 bridgehead atoms. The minimum Gasteiger partial charge on any atom is -0.495 e. The van der Waals surface area contributed by atoms with Gasteiger partial charge in [-0.2, -0.15) is 0 Å². The molecule has 0 heterocycles. The Morgan fingerprint density at radius 1 is 1.38 bits per heavy atom. The van der Waals surface area contributed by atoms with E-state index < -0.39 is 11.7 Å². The molecule has 21 heavy (non-hydrogen) atoms. The molecule has 0 aromatic heterocycles. The smallest absolute Gasteiger partial charge is 0.414 e. The van der Waals surface area contributed by atoms with Gasteiger partial charge in [0, 0.05) is 33.8 Å². The molecular weight excluding hydrogens is 401 g/mol. The summed E-state index contributed by atoms with van der Waals surface area (Å²) in [5.74, 6) is 3.59. The number of hydrogen-bond donors (Lipinski definition) is 0. The molecule has 0 aliphatic rings. The highest BCUT2D eigenvalue weighted by Gasteiger charge is 2.22. The summed E-state index contributed by atoms with van der Waals surface area (Å²) in [6.45, 7) is 5.49. The Bertz CT molecular complexity index is 573. The number of nitrogens with zero attached hydrogens (tertiary/aromatic N) is 1. The summed E-state index contributed by atoms with van der Waals surface area (Å²) in [4.78, 5) is 13.6. The Hall–Kier alpha value is -1.07. The Morgan fingerprint density at radius 2 is 2.05 bits per heavy atom. The van der Waals surface area contributed by atoms with Crippen molar-refractivity contribution in [2.75, 3.05) is 19.1 Å². The van der Waals surface area contributed by atoms with E-state index in [0.717, 1.165) is 5.56 Å². The number of carbonyl (C=O) groups is 1. The van der Waals surface area contributed by atoms with E-state index in [1.807, 2.05) is 32.9 Å². The van der Waals surface area contributed by atoms with Crippen LogP contribution in [-0.2, 0) is 4.74 Å². The van der Waals surface area contributed by atoms with Crippen LogP contribution in [0.4, 0.5) is 10.5 Å². The second-order valence-electron chi connectivity index (χ2n) is 5.23. The fourth-order valence-electron chi connectivity index (χ4n) is 1.54. The maximum Gasteiger partial charge on any atom is 0.414 e. The summed E-state index contributed by atoms with van der Waals surface area (Å²) in [7, 11) is 4.62. The van der Waals surface area contributed by atoms with Crippen molar-refractivity contribution in [1.29, 1.82) is 0 Å². The second-order valence-corrected chi connectivity index (χ2v) is 6.91. The summed E-state index contributed by atoms with van der Waals surface area (Å²) in [5.41, 5.74) is 0.885. The minimum atomic E-state index is -0.548. The lowest BCUT2D eigenvalue weighted by atomic mass is 10.2. The van der Waals surface area contributed by atoms with Gasteiger partial charge in [-0.05, 0) is 53.2 Å². The van der Waals surface area contributed by atoms with E-state index in [0.29, 0.717) is 11.4 Å². The number of rotatable bonds is 2. The average Bonchev–Trinajstić information content (AvgIpc) is 2.42. The largest absolute Gasteiger partial charge is 0.495 e. The van der Waals surface area contributed by atoms with Gasteiger partial charge in [-0.25, -0.2) is 4.79 Å². The first-order chi connectivity index (χ1) is 9.78. The summed E-state index contributed by atoms with van der Waals surface area (Å²) in [6, 6.07) is 5.45. The summed E-state index contributed by atoms with van der Waals surface area (Å²) in [6.07, 6.45) is -0.436. The van der Waals surface area contributed by atoms with Gasteiger partial charge in [0.1, 0.15) is 11.4 Å². The van der Waals surface area contributed by atoms with E-state index in [4.69, 9.17) is 9.47 Å². The Kier molecular flexibility index (Phi) is 6.68. The van der Waals surface area contributed by atoms with E-state index in [2.05, 4.69) is 32.4 Å². The third kappa shape index (κ3) is 5.67. The number of anilines is 1. The Labute approximate surface area is 142 Å². The van der Waals surface area contributed by atoms with Crippen molar-refractivity contribution in [2.45, 2.75) is 26.4 Å². The number of hydrogen-bond acceptors (Lipinski definition) is 4. The van der Waals surface area contributed by atoms with Crippen LogP contribution in [0.25, 0.3) is 0 Å². The molecule has 114 valence electrons. The molecule has 0 atom stereocenters. The number of benzene rings is 1. The van der Waals surface area contributed by atoms with E-state index >= 15 is 0 Å². The molecule has 6 heteroatoms. The highest BCUT2D eigenvalue weighted by molar-refractivity contribution is 14.2. The number of halogens is 1. The third-order valence-corrected chi connectivity index (χ3v) is 3.28. The van der Waals surface area contributed by atoms with E-state index in [-0.39, 0.29) is 0 Å². The molecule has 1 aromatic rings. The maximum atomic E-state index is 12.2. The van der Waals surface area contributed by atoms with Crippen molar-refractivity contribution in [3.63, 3.8) is 0 Å². The van der Waals surface area contributed by atoms with Crippen LogP contribution in [0.1, 0.15) is 26.3 Å². The van der Waals surface area contributed by atoms with Crippen molar-refractivity contribution in [1.82, 2.24) is 0 Å². The molecule has 4 nitrogen and oxygen atoms in total. The highest BCUT2D eigenvalue weighted by atomic mass is 127. The Balaban J connectivity index is 3.11. The van der Waals surface area contributed by atoms with Crippen LogP contribution in [0.2, 0.25) is 0 Å². The van der Waals surface area contributed by atoms with Crippen molar-refractivity contribution in [2.24, 2.45) is 0 Å². The number of methoxy groups -OCH3 is 1. The monoisotopic (exact) mass is 419 g/mol. The molecule has 0 fully saturated rings. The second kappa shape index (κ2) is 7.80. The standard InChI is InChI=1S/C15H18INO3S/c1-15(2,3)20-14(18)17(4)12-10-11(8-9-21-16)6-7-13(12)19-5/h6-7,10H,1-5H3. The molecule has 0 N–H and O–H groups in total. The van der Waals surface area contributed by atoms with Crippen LogP contribution in [0.15, 0.2) is 18.2 Å². The van der Waals surface area contributed by atoms with Crippen molar-refractivity contribution < 1.29 is 14.3 Å². The molecule has 1 amide bonds. The minimum absolute atomic E-state index is 0.436. The normalized spacial score (nSPS) is 10.4. The molecular formula is C15H18INO3S. The van der Waals surface area contributed by atoms with Crippen LogP contribution in [-0.4, -0.2) is 25.9 Å². The first-order valence-electron chi connectivity index (χ1n) is 6.22. The topological polar surface area (TPSA) is 38.8 Å². The van der Waals surface area contributed by atoms with Gasteiger partial charge in [-0.15, -0.1) is 0 Å². The molecule has 0 saturated heterocycles.